The summed E-state index contributed by atoms with van der Waals surface area (Å²) in [6.07, 6.45) is 2.38. The molecule has 4 aliphatic rings. The van der Waals surface area contributed by atoms with Crippen LogP contribution in [0.25, 0.3) is 5.76 Å². The first-order chi connectivity index (χ1) is 27.5. The zero-order chi connectivity index (χ0) is 41.3. The molecular formula is C45H51BrFN3O7Si. The van der Waals surface area contributed by atoms with Crippen LogP contribution in [0.2, 0.25) is 18.1 Å². The topological polar surface area (TPSA) is 123 Å². The lowest BCUT2D eigenvalue weighted by Gasteiger charge is -2.55. The van der Waals surface area contributed by atoms with Crippen molar-refractivity contribution >= 4 is 41.6 Å². The molecular weight excluding hydrogens is 821 g/mol. The third-order valence-corrected chi connectivity index (χ3v) is 18.1. The number of aliphatic hydroxyl groups is 1. The number of benzene rings is 3. The van der Waals surface area contributed by atoms with Crippen molar-refractivity contribution in [2.75, 3.05) is 14.1 Å². The van der Waals surface area contributed by atoms with Gasteiger partial charge in [0.15, 0.2) is 19.7 Å². The van der Waals surface area contributed by atoms with Gasteiger partial charge in [-0.3, -0.25) is 14.5 Å². The Labute approximate surface area is 348 Å². The Morgan fingerprint density at radius 1 is 0.983 bits per heavy atom. The first-order valence-electron chi connectivity index (χ1n) is 20.0. The van der Waals surface area contributed by atoms with Crippen LogP contribution in [0.4, 0.5) is 4.39 Å². The smallest absolute Gasteiger partial charge is 0.265 e. The predicted molar refractivity (Wildman–Crippen MR) is 224 cm³/mol. The minimum absolute atomic E-state index is 0.0237. The van der Waals surface area contributed by atoms with E-state index in [0.717, 1.165) is 24.0 Å². The van der Waals surface area contributed by atoms with E-state index in [0.29, 0.717) is 21.8 Å². The molecule has 0 amide bonds. The minimum atomic E-state index is -2.95. The molecule has 0 bridgehead atoms. The van der Waals surface area contributed by atoms with Crippen LogP contribution in [0.15, 0.2) is 75.2 Å². The highest BCUT2D eigenvalue weighted by Gasteiger charge is 2.69. The molecule has 1 aromatic heterocycles. The standard InChI is InChI=1S/C45H51BrFN3O7Si/c1-44(2,3)58(6,7)57-45-31(37(50(4)5)40-34(42(45)53)43(49-56-40)55-24-26-16-12-9-13-17-26)21-27-20-29-33(38(51)32(27)41(45)52)39(54-23-25-14-10-8-11-15-25)35(46)30(36(29)47)22-48-28-18-19-28/h8-17,27-28,31,37,48,51H,18-24H2,1-7H3/t27-,31-,37-,45-/m0/s1. The second-order valence-electron chi connectivity index (χ2n) is 17.9. The van der Waals surface area contributed by atoms with Crippen LogP contribution in [0.1, 0.15) is 90.0 Å². The van der Waals surface area contributed by atoms with Gasteiger partial charge in [0.1, 0.15) is 36.1 Å². The molecule has 58 heavy (non-hydrogen) atoms. The molecule has 4 aromatic rings. The molecule has 3 aromatic carbocycles. The van der Waals surface area contributed by atoms with Gasteiger partial charge < -0.3 is 28.8 Å². The van der Waals surface area contributed by atoms with Crippen molar-refractivity contribution in [3.05, 3.63) is 116 Å². The van der Waals surface area contributed by atoms with Crippen molar-refractivity contribution in [1.29, 1.82) is 0 Å². The maximum Gasteiger partial charge on any atom is 0.265 e. The van der Waals surface area contributed by atoms with Crippen molar-refractivity contribution < 1.29 is 37.5 Å². The summed E-state index contributed by atoms with van der Waals surface area (Å²) in [6.45, 7) is 10.7. The first-order valence-corrected chi connectivity index (χ1v) is 23.7. The van der Waals surface area contributed by atoms with Crippen LogP contribution in [-0.2, 0) is 35.4 Å². The maximum atomic E-state index is 17.0. The molecule has 0 spiro atoms. The monoisotopic (exact) mass is 871 g/mol. The van der Waals surface area contributed by atoms with E-state index in [4.69, 9.17) is 18.4 Å². The molecule has 2 N–H and O–H groups in total. The van der Waals surface area contributed by atoms with E-state index in [2.05, 4.69) is 47.2 Å². The summed E-state index contributed by atoms with van der Waals surface area (Å²) in [5.41, 5.74) is 0.545. The van der Waals surface area contributed by atoms with Gasteiger partial charge in [-0.05, 0) is 96.0 Å². The van der Waals surface area contributed by atoms with Crippen molar-refractivity contribution in [3.8, 4) is 11.6 Å². The second kappa shape index (κ2) is 15.2. The second-order valence-corrected chi connectivity index (χ2v) is 23.4. The van der Waals surface area contributed by atoms with Crippen LogP contribution in [0.5, 0.6) is 11.6 Å². The molecule has 8 rings (SSSR count). The Bertz CT molecular complexity index is 2290. The van der Waals surface area contributed by atoms with Crippen molar-refractivity contribution in [2.45, 2.75) is 102 Å². The SMILES string of the molecule is CN(C)[C@@H]1c2onc(OCc3ccccc3)c2C(=O)[C@@]2(O[Si](C)(C)C(C)(C)C)C(=O)C3=C(O)c4c(c(F)c(CNC5CC5)c(Br)c4OCc4ccccc4)C[C@H]3C[C@@H]12. The van der Waals surface area contributed by atoms with Gasteiger partial charge in [-0.1, -0.05) is 81.4 Å². The minimum Gasteiger partial charge on any atom is -0.507 e. The number of hydrogen-bond acceptors (Lipinski definition) is 10. The third-order valence-electron chi connectivity index (χ3n) is 12.8. The van der Waals surface area contributed by atoms with Gasteiger partial charge in [-0.15, -0.1) is 0 Å². The Hall–Kier alpha value is -4.14. The van der Waals surface area contributed by atoms with Gasteiger partial charge >= 0.3 is 0 Å². The number of Topliss-reactive ketones (excluding diaryl/α,β-unsaturated/α-hetero) is 2. The zero-order valence-electron chi connectivity index (χ0n) is 34.1. The van der Waals surface area contributed by atoms with Gasteiger partial charge in [-0.25, -0.2) is 4.39 Å². The van der Waals surface area contributed by atoms with E-state index in [9.17, 15) is 5.11 Å². The highest BCUT2D eigenvalue weighted by atomic mass is 79.9. The molecule has 2 fully saturated rings. The number of ether oxygens (including phenoxy) is 2. The summed E-state index contributed by atoms with van der Waals surface area (Å²) >= 11 is 3.67. The molecule has 0 aliphatic heterocycles. The van der Waals surface area contributed by atoms with Gasteiger partial charge in [-0.2, -0.15) is 0 Å². The lowest BCUT2D eigenvalue weighted by molar-refractivity contribution is -0.140. The van der Waals surface area contributed by atoms with Gasteiger partial charge in [0.2, 0.25) is 11.6 Å². The molecule has 2 saturated carbocycles. The molecule has 0 saturated heterocycles. The number of fused-ring (bicyclic) bond motifs is 4. The van der Waals surface area contributed by atoms with Crippen molar-refractivity contribution in [2.24, 2.45) is 11.8 Å². The van der Waals surface area contributed by atoms with Crippen LogP contribution in [-0.4, -0.2) is 60.8 Å². The fourth-order valence-corrected chi connectivity index (χ4v) is 10.7. The lowest BCUT2D eigenvalue weighted by atomic mass is 9.57. The van der Waals surface area contributed by atoms with E-state index >= 15 is 14.0 Å². The number of hydrogen-bond donors (Lipinski definition) is 2. The Morgan fingerprint density at radius 3 is 2.19 bits per heavy atom. The predicted octanol–water partition coefficient (Wildman–Crippen LogP) is 9.28. The van der Waals surface area contributed by atoms with Crippen LogP contribution in [0.3, 0.4) is 0 Å². The Morgan fingerprint density at radius 2 is 1.60 bits per heavy atom. The van der Waals surface area contributed by atoms with Crippen LogP contribution < -0.4 is 14.8 Å². The van der Waals surface area contributed by atoms with Crippen molar-refractivity contribution in [1.82, 2.24) is 15.4 Å². The average molecular weight is 873 g/mol. The van der Waals surface area contributed by atoms with Gasteiger partial charge in [0.25, 0.3) is 5.88 Å². The van der Waals surface area contributed by atoms with E-state index in [1.54, 1.807) is 0 Å². The molecule has 10 nitrogen and oxygen atoms in total. The molecule has 306 valence electrons. The van der Waals surface area contributed by atoms with Crippen LogP contribution >= 0.6 is 15.9 Å². The maximum absolute atomic E-state index is 17.0. The van der Waals surface area contributed by atoms with Crippen molar-refractivity contribution in [3.63, 3.8) is 0 Å². The summed E-state index contributed by atoms with van der Waals surface area (Å²) in [7, 11) is 0.779. The number of aromatic nitrogens is 1. The zero-order valence-corrected chi connectivity index (χ0v) is 36.7. The molecule has 13 heteroatoms. The van der Waals surface area contributed by atoms with Gasteiger partial charge in [0, 0.05) is 35.2 Å². The summed E-state index contributed by atoms with van der Waals surface area (Å²) in [5.74, 6) is -3.01. The molecule has 4 atom stereocenters. The number of nitrogens with zero attached hydrogens (tertiary/aromatic N) is 2. The lowest BCUT2D eigenvalue weighted by Crippen LogP contribution is -2.68. The fourth-order valence-electron chi connectivity index (χ4n) is 8.61. The number of carbonyl (C=O) groups excluding carboxylic acids is 2. The summed E-state index contributed by atoms with van der Waals surface area (Å²) in [6, 6.07) is 18.7. The van der Waals surface area contributed by atoms with E-state index in [1.807, 2.05) is 92.8 Å². The molecule has 4 aliphatic carbocycles. The summed E-state index contributed by atoms with van der Waals surface area (Å²) in [4.78, 5) is 33.3. The highest BCUT2D eigenvalue weighted by molar-refractivity contribution is 9.10. The number of rotatable bonds is 12. The largest absolute Gasteiger partial charge is 0.507 e. The Balaban J connectivity index is 1.30. The molecule has 0 radical (unpaired) electrons. The number of aliphatic hydroxyl groups excluding tert-OH is 1. The molecule has 0 unspecified atom stereocenters. The van der Waals surface area contributed by atoms with E-state index in [-0.39, 0.29) is 66.5 Å². The third kappa shape index (κ3) is 6.86. The first kappa shape index (κ1) is 40.6. The van der Waals surface area contributed by atoms with E-state index < -0.39 is 60.0 Å². The van der Waals surface area contributed by atoms with Gasteiger partial charge in [0.05, 0.1) is 16.1 Å². The quantitative estimate of drug-likeness (QED) is 0.105. The summed E-state index contributed by atoms with van der Waals surface area (Å²) in [5, 5.41) is 19.9. The number of nitrogens with one attached hydrogen (secondary N) is 1. The normalized spacial score (nSPS) is 23.0. The highest BCUT2D eigenvalue weighted by Crippen LogP contribution is 2.59. The molecule has 1 heterocycles. The number of halogens is 2. The average Bonchev–Trinajstić information content (AvgIpc) is 3.92. The number of ketones is 2. The Kier molecular flexibility index (Phi) is 10.6. The van der Waals surface area contributed by atoms with Crippen LogP contribution in [0, 0.1) is 17.7 Å². The summed E-state index contributed by atoms with van der Waals surface area (Å²) < 4.78 is 43.3. The number of carbonyl (C=O) groups is 2. The fraction of sp³-hybridized carbons (Fsp3) is 0.444. The van der Waals surface area contributed by atoms with E-state index in [1.165, 1.54) is 0 Å².